The molecule has 0 spiro atoms. The Hall–Kier alpha value is -0.830. The van der Waals surface area contributed by atoms with Crippen molar-refractivity contribution in [2.45, 2.75) is 6.61 Å². The van der Waals surface area contributed by atoms with Crippen LogP contribution in [0.3, 0.4) is 0 Å². The van der Waals surface area contributed by atoms with E-state index >= 15 is 0 Å². The molecule has 0 aromatic heterocycles. The quantitative estimate of drug-likeness (QED) is 0.878. The Kier molecular flexibility index (Phi) is 3.64. The molecule has 0 bridgehead atoms. The average molecular weight is 298 g/mol. The first-order valence-corrected chi connectivity index (χ1v) is 6.03. The number of hydrogen-bond acceptors (Lipinski definition) is 1. The van der Waals surface area contributed by atoms with Crippen LogP contribution in [0.25, 0.3) is 11.1 Å². The molecule has 0 aliphatic carbocycles. The Labute approximate surface area is 108 Å². The van der Waals surface area contributed by atoms with Crippen LogP contribution in [-0.4, -0.2) is 5.11 Å². The van der Waals surface area contributed by atoms with Crippen molar-refractivity contribution in [3.8, 4) is 11.1 Å². The number of aliphatic hydroxyl groups excluding tert-OH is 1. The maximum absolute atomic E-state index is 9.27. The molecule has 2 rings (SSSR count). The Balaban J connectivity index is 2.58. The van der Waals surface area contributed by atoms with Gasteiger partial charge in [-0.3, -0.25) is 0 Å². The Morgan fingerprint density at radius 1 is 1.12 bits per heavy atom. The average Bonchev–Trinajstić information content (AvgIpc) is 2.27. The molecule has 0 fully saturated rings. The number of rotatable bonds is 2. The Morgan fingerprint density at radius 2 is 1.88 bits per heavy atom. The zero-order chi connectivity index (χ0) is 11.5. The molecule has 16 heavy (non-hydrogen) atoms. The van der Waals surface area contributed by atoms with Gasteiger partial charge in [0.05, 0.1) is 6.61 Å². The maximum Gasteiger partial charge on any atom is 0.0687 e. The normalized spacial score (nSPS) is 10.4. The molecule has 1 nitrogen and oxygen atoms in total. The van der Waals surface area contributed by atoms with E-state index in [9.17, 15) is 5.11 Å². The van der Waals surface area contributed by atoms with Crippen molar-refractivity contribution in [2.75, 3.05) is 0 Å². The molecular weight excluding hydrogens is 287 g/mol. The topological polar surface area (TPSA) is 20.2 Å². The van der Waals surface area contributed by atoms with Crippen molar-refractivity contribution < 1.29 is 5.11 Å². The third-order valence-corrected chi connectivity index (χ3v) is 3.04. The Bertz CT molecular complexity index is 491. The van der Waals surface area contributed by atoms with E-state index in [2.05, 4.69) is 15.9 Å². The molecule has 0 unspecified atom stereocenters. The fraction of sp³-hybridized carbons (Fsp3) is 0.0769. The zero-order valence-corrected chi connectivity index (χ0v) is 10.8. The highest BCUT2D eigenvalue weighted by atomic mass is 79.9. The fourth-order valence-corrected chi connectivity index (χ4v) is 2.51. The van der Waals surface area contributed by atoms with Gasteiger partial charge in [0.2, 0.25) is 0 Å². The lowest BCUT2D eigenvalue weighted by Gasteiger charge is -2.08. The number of benzene rings is 2. The monoisotopic (exact) mass is 296 g/mol. The molecule has 0 radical (unpaired) electrons. The molecule has 0 aliphatic heterocycles. The summed E-state index contributed by atoms with van der Waals surface area (Å²) in [5.74, 6) is 0. The van der Waals surface area contributed by atoms with E-state index in [1.165, 1.54) is 0 Å². The predicted molar refractivity (Wildman–Crippen MR) is 70.5 cm³/mol. The second kappa shape index (κ2) is 5.00. The minimum Gasteiger partial charge on any atom is -0.392 e. The van der Waals surface area contributed by atoms with E-state index in [1.54, 1.807) is 0 Å². The van der Waals surface area contributed by atoms with Gasteiger partial charge in [-0.15, -0.1) is 0 Å². The second-order valence-corrected chi connectivity index (χ2v) is 4.83. The van der Waals surface area contributed by atoms with Crippen molar-refractivity contribution >= 4 is 27.5 Å². The lowest BCUT2D eigenvalue weighted by atomic mass is 10.0. The summed E-state index contributed by atoms with van der Waals surface area (Å²) in [7, 11) is 0. The van der Waals surface area contributed by atoms with Crippen LogP contribution < -0.4 is 0 Å². The number of hydrogen-bond donors (Lipinski definition) is 1. The van der Waals surface area contributed by atoms with Gasteiger partial charge in [0.15, 0.2) is 0 Å². The van der Waals surface area contributed by atoms with E-state index in [1.807, 2.05) is 42.5 Å². The molecule has 0 saturated heterocycles. The molecule has 1 N–H and O–H groups in total. The van der Waals surface area contributed by atoms with Gasteiger partial charge in [-0.2, -0.15) is 0 Å². The summed E-state index contributed by atoms with van der Waals surface area (Å²) in [6.07, 6.45) is 0. The van der Waals surface area contributed by atoms with Crippen molar-refractivity contribution in [3.63, 3.8) is 0 Å². The molecule has 0 aliphatic rings. The summed E-state index contributed by atoms with van der Waals surface area (Å²) >= 11 is 9.41. The lowest BCUT2D eigenvalue weighted by molar-refractivity contribution is 0.282. The third-order valence-electron chi connectivity index (χ3n) is 2.36. The van der Waals surface area contributed by atoms with E-state index in [0.29, 0.717) is 5.02 Å². The molecular formula is C13H10BrClO. The van der Waals surface area contributed by atoms with Crippen LogP contribution >= 0.6 is 27.5 Å². The highest BCUT2D eigenvalue weighted by molar-refractivity contribution is 9.10. The minimum atomic E-state index is 0.0281. The minimum absolute atomic E-state index is 0.0281. The van der Waals surface area contributed by atoms with Gasteiger partial charge in [0.25, 0.3) is 0 Å². The molecule has 0 saturated carbocycles. The SMILES string of the molecule is OCc1ccccc1-c1cc(Cl)cc(Br)c1. The predicted octanol–water partition coefficient (Wildman–Crippen LogP) is 4.26. The number of halogens is 2. The van der Waals surface area contributed by atoms with Crippen LogP contribution in [0.2, 0.25) is 5.02 Å². The fourth-order valence-electron chi connectivity index (χ4n) is 1.65. The van der Waals surface area contributed by atoms with E-state index < -0.39 is 0 Å². The lowest BCUT2D eigenvalue weighted by Crippen LogP contribution is -1.88. The van der Waals surface area contributed by atoms with Crippen molar-refractivity contribution in [3.05, 3.63) is 57.5 Å². The van der Waals surface area contributed by atoms with Gasteiger partial charge in [-0.1, -0.05) is 51.8 Å². The summed E-state index contributed by atoms with van der Waals surface area (Å²) in [6.45, 7) is 0.0281. The third kappa shape index (κ3) is 2.46. The highest BCUT2D eigenvalue weighted by Crippen LogP contribution is 2.29. The van der Waals surface area contributed by atoms with Crippen molar-refractivity contribution in [2.24, 2.45) is 0 Å². The first kappa shape index (κ1) is 11.6. The number of aliphatic hydroxyl groups is 1. The van der Waals surface area contributed by atoms with Crippen molar-refractivity contribution in [1.82, 2.24) is 0 Å². The first-order valence-electron chi connectivity index (χ1n) is 4.86. The summed E-state index contributed by atoms with van der Waals surface area (Å²) in [6, 6.07) is 13.5. The van der Waals surface area contributed by atoms with Gasteiger partial charge < -0.3 is 5.11 Å². The van der Waals surface area contributed by atoms with E-state index in [0.717, 1.165) is 21.2 Å². The highest BCUT2D eigenvalue weighted by Gasteiger charge is 2.05. The molecule has 2 aromatic carbocycles. The van der Waals surface area contributed by atoms with Gasteiger partial charge in [-0.25, -0.2) is 0 Å². The largest absolute Gasteiger partial charge is 0.392 e. The smallest absolute Gasteiger partial charge is 0.0687 e. The van der Waals surface area contributed by atoms with E-state index in [-0.39, 0.29) is 6.61 Å². The van der Waals surface area contributed by atoms with Crippen LogP contribution in [0.1, 0.15) is 5.56 Å². The second-order valence-electron chi connectivity index (χ2n) is 3.47. The van der Waals surface area contributed by atoms with Crippen LogP contribution in [0.5, 0.6) is 0 Å². The maximum atomic E-state index is 9.27. The van der Waals surface area contributed by atoms with Gasteiger partial charge >= 0.3 is 0 Å². The van der Waals surface area contributed by atoms with Crippen LogP contribution in [0.4, 0.5) is 0 Å². The molecule has 0 amide bonds. The molecule has 0 heterocycles. The van der Waals surface area contributed by atoms with Gasteiger partial charge in [0.1, 0.15) is 0 Å². The standard InChI is InChI=1S/C13H10BrClO/c14-11-5-10(6-12(15)7-11)13-4-2-1-3-9(13)8-16/h1-7,16H,8H2. The summed E-state index contributed by atoms with van der Waals surface area (Å²) in [5.41, 5.74) is 2.91. The zero-order valence-electron chi connectivity index (χ0n) is 8.45. The summed E-state index contributed by atoms with van der Waals surface area (Å²) < 4.78 is 0.933. The van der Waals surface area contributed by atoms with Crippen LogP contribution in [-0.2, 0) is 6.61 Å². The van der Waals surface area contributed by atoms with Crippen LogP contribution in [0.15, 0.2) is 46.9 Å². The van der Waals surface area contributed by atoms with Crippen molar-refractivity contribution in [1.29, 1.82) is 0 Å². The Morgan fingerprint density at radius 3 is 2.56 bits per heavy atom. The first-order chi connectivity index (χ1) is 7.70. The van der Waals surface area contributed by atoms with Gasteiger partial charge in [-0.05, 0) is 34.9 Å². The summed E-state index contributed by atoms with van der Waals surface area (Å²) in [4.78, 5) is 0. The molecule has 2 aromatic rings. The molecule has 3 heteroatoms. The summed E-state index contributed by atoms with van der Waals surface area (Å²) in [5, 5.41) is 9.95. The molecule has 0 atom stereocenters. The van der Waals surface area contributed by atoms with Crippen LogP contribution in [0, 0.1) is 0 Å². The molecule has 82 valence electrons. The van der Waals surface area contributed by atoms with Gasteiger partial charge in [0, 0.05) is 9.50 Å². The van der Waals surface area contributed by atoms with E-state index in [4.69, 9.17) is 11.6 Å².